The molecule has 31 heavy (non-hydrogen) atoms. The van der Waals surface area contributed by atoms with E-state index in [1.54, 1.807) is 0 Å². The third kappa shape index (κ3) is 4.29. The number of carbonyl (C=O) groups excluding carboxylic acids is 4. The molecular formula is C19H23N3O9. The molecule has 1 aromatic rings. The molecule has 2 aliphatic heterocycles. The second-order valence-corrected chi connectivity index (χ2v) is 7.35. The Bertz CT molecular complexity index is 906. The molecule has 12 heteroatoms. The van der Waals surface area contributed by atoms with E-state index in [2.05, 4.69) is 10.6 Å². The van der Waals surface area contributed by atoms with Crippen molar-refractivity contribution in [3.63, 3.8) is 0 Å². The minimum Gasteiger partial charge on any atom is -0.394 e. The Hall–Kier alpha value is -2.90. The number of benzene rings is 1. The molecule has 1 unspecified atom stereocenters. The van der Waals surface area contributed by atoms with Gasteiger partial charge in [-0.05, 0) is 18.6 Å². The van der Waals surface area contributed by atoms with Gasteiger partial charge in [-0.2, -0.15) is 0 Å². The quantitative estimate of drug-likeness (QED) is 0.205. The maximum Gasteiger partial charge on any atom is 0.264 e. The Morgan fingerprint density at radius 1 is 1.03 bits per heavy atom. The van der Waals surface area contributed by atoms with Gasteiger partial charge in [-0.3, -0.25) is 29.4 Å². The van der Waals surface area contributed by atoms with E-state index in [9.17, 15) is 39.6 Å². The normalized spacial score (nSPS) is 22.6. The van der Waals surface area contributed by atoms with Gasteiger partial charge in [0.25, 0.3) is 11.8 Å². The highest BCUT2D eigenvalue weighted by Gasteiger charge is 2.45. The first-order valence-electron chi connectivity index (χ1n) is 9.59. The van der Waals surface area contributed by atoms with E-state index >= 15 is 0 Å². The van der Waals surface area contributed by atoms with Crippen LogP contribution in [0.2, 0.25) is 0 Å². The van der Waals surface area contributed by atoms with Crippen molar-refractivity contribution in [2.24, 2.45) is 0 Å². The molecule has 2 aliphatic rings. The maximum absolute atomic E-state index is 13.0. The fourth-order valence-electron chi connectivity index (χ4n) is 3.56. The molecule has 3 rings (SSSR count). The number of aliphatic hydroxyl groups excluding tert-OH is 5. The molecule has 0 spiro atoms. The van der Waals surface area contributed by atoms with Gasteiger partial charge in [-0.1, -0.05) is 6.07 Å². The molecule has 7 N–H and O–H groups in total. The SMILES string of the molecule is O=C1CCC(N2C(=O)c3cccc(NC[C@H](O)[C@@H](O)[C@H](O)[C@H](O)CO)c3C2=O)C(=O)N1. The number of nitrogens with zero attached hydrogens (tertiary/aromatic N) is 1. The van der Waals surface area contributed by atoms with Gasteiger partial charge in [0.2, 0.25) is 11.8 Å². The molecule has 0 aromatic heterocycles. The van der Waals surface area contributed by atoms with Gasteiger partial charge in [0.1, 0.15) is 24.4 Å². The molecule has 0 saturated carbocycles. The Morgan fingerprint density at radius 3 is 2.35 bits per heavy atom. The molecule has 1 saturated heterocycles. The van der Waals surface area contributed by atoms with Crippen LogP contribution in [0, 0.1) is 0 Å². The first-order valence-corrected chi connectivity index (χ1v) is 9.59. The zero-order valence-corrected chi connectivity index (χ0v) is 16.3. The summed E-state index contributed by atoms with van der Waals surface area (Å²) in [6.45, 7) is -1.19. The average molecular weight is 437 g/mol. The van der Waals surface area contributed by atoms with Crippen LogP contribution in [0.4, 0.5) is 5.69 Å². The number of hydrogen-bond acceptors (Lipinski definition) is 10. The van der Waals surface area contributed by atoms with Crippen molar-refractivity contribution in [2.45, 2.75) is 43.3 Å². The van der Waals surface area contributed by atoms with Gasteiger partial charge in [-0.15, -0.1) is 0 Å². The van der Waals surface area contributed by atoms with Crippen molar-refractivity contribution >= 4 is 29.3 Å². The van der Waals surface area contributed by atoms with Crippen molar-refractivity contribution < 1.29 is 44.7 Å². The summed E-state index contributed by atoms with van der Waals surface area (Å²) in [5.41, 5.74) is 0.148. The van der Waals surface area contributed by atoms with E-state index in [1.165, 1.54) is 18.2 Å². The number of aliphatic hydroxyl groups is 5. The highest BCUT2D eigenvalue weighted by molar-refractivity contribution is 6.25. The minimum atomic E-state index is -1.81. The molecule has 1 fully saturated rings. The topological polar surface area (TPSA) is 197 Å². The molecule has 0 bridgehead atoms. The van der Waals surface area contributed by atoms with E-state index in [4.69, 9.17) is 5.11 Å². The first kappa shape index (κ1) is 22.8. The summed E-state index contributed by atoms with van der Waals surface area (Å²) in [4.78, 5) is 50.0. The van der Waals surface area contributed by atoms with Crippen molar-refractivity contribution in [1.29, 1.82) is 0 Å². The Labute approximate surface area is 176 Å². The first-order chi connectivity index (χ1) is 14.7. The molecular weight excluding hydrogens is 414 g/mol. The fraction of sp³-hybridized carbons (Fsp3) is 0.474. The molecule has 0 aliphatic carbocycles. The maximum atomic E-state index is 13.0. The number of fused-ring (bicyclic) bond motifs is 1. The Balaban J connectivity index is 1.76. The average Bonchev–Trinajstić information content (AvgIpc) is 3.01. The van der Waals surface area contributed by atoms with Crippen molar-refractivity contribution in [1.82, 2.24) is 10.2 Å². The van der Waals surface area contributed by atoms with Gasteiger partial charge in [-0.25, -0.2) is 0 Å². The largest absolute Gasteiger partial charge is 0.394 e. The lowest BCUT2D eigenvalue weighted by Gasteiger charge is -2.28. The lowest BCUT2D eigenvalue weighted by atomic mass is 10.0. The van der Waals surface area contributed by atoms with Gasteiger partial charge in [0.05, 0.1) is 23.8 Å². The summed E-state index contributed by atoms with van der Waals surface area (Å²) in [7, 11) is 0. The van der Waals surface area contributed by atoms with E-state index in [-0.39, 0.29) is 36.2 Å². The molecule has 168 valence electrons. The summed E-state index contributed by atoms with van der Waals surface area (Å²) >= 11 is 0. The summed E-state index contributed by atoms with van der Waals surface area (Å²) in [5.74, 6) is -2.67. The van der Waals surface area contributed by atoms with Crippen LogP contribution in [0.25, 0.3) is 0 Å². The minimum absolute atomic E-state index is 0.00881. The van der Waals surface area contributed by atoms with Crippen LogP contribution in [0.5, 0.6) is 0 Å². The second kappa shape index (κ2) is 9.08. The monoisotopic (exact) mass is 437 g/mol. The lowest BCUT2D eigenvalue weighted by molar-refractivity contribution is -0.136. The number of hydrogen-bond donors (Lipinski definition) is 7. The smallest absolute Gasteiger partial charge is 0.264 e. The zero-order valence-electron chi connectivity index (χ0n) is 16.3. The fourth-order valence-corrected chi connectivity index (χ4v) is 3.56. The number of carbonyl (C=O) groups is 4. The number of imide groups is 2. The van der Waals surface area contributed by atoms with Crippen LogP contribution >= 0.6 is 0 Å². The molecule has 1 aromatic carbocycles. The van der Waals surface area contributed by atoms with Crippen LogP contribution in [0.3, 0.4) is 0 Å². The van der Waals surface area contributed by atoms with Gasteiger partial charge >= 0.3 is 0 Å². The van der Waals surface area contributed by atoms with E-state index < -0.39 is 60.7 Å². The predicted octanol–water partition coefficient (Wildman–Crippen LogP) is -3.06. The third-order valence-electron chi connectivity index (χ3n) is 5.30. The van der Waals surface area contributed by atoms with Crippen LogP contribution < -0.4 is 10.6 Å². The summed E-state index contributed by atoms with van der Waals surface area (Å²) in [6, 6.07) is 3.21. The molecule has 5 atom stereocenters. The van der Waals surface area contributed by atoms with E-state index in [0.29, 0.717) is 0 Å². The third-order valence-corrected chi connectivity index (χ3v) is 5.30. The molecule has 4 amide bonds. The van der Waals surface area contributed by atoms with Crippen molar-refractivity contribution in [3.8, 4) is 0 Å². The van der Waals surface area contributed by atoms with Gasteiger partial charge < -0.3 is 30.8 Å². The molecule has 12 nitrogen and oxygen atoms in total. The van der Waals surface area contributed by atoms with E-state index in [1.807, 2.05) is 0 Å². The van der Waals surface area contributed by atoms with Crippen LogP contribution in [0.15, 0.2) is 18.2 Å². The molecule has 2 heterocycles. The molecule has 0 radical (unpaired) electrons. The number of piperidine rings is 1. The number of nitrogens with one attached hydrogen (secondary N) is 2. The Kier molecular flexibility index (Phi) is 6.67. The number of amides is 4. The Morgan fingerprint density at radius 2 is 1.71 bits per heavy atom. The highest BCUT2D eigenvalue weighted by atomic mass is 16.4. The predicted molar refractivity (Wildman–Crippen MR) is 103 cm³/mol. The second-order valence-electron chi connectivity index (χ2n) is 7.35. The van der Waals surface area contributed by atoms with Crippen LogP contribution in [0.1, 0.15) is 33.6 Å². The van der Waals surface area contributed by atoms with Crippen molar-refractivity contribution in [2.75, 3.05) is 18.5 Å². The van der Waals surface area contributed by atoms with Gasteiger partial charge in [0.15, 0.2) is 0 Å². The number of anilines is 1. The van der Waals surface area contributed by atoms with Crippen molar-refractivity contribution in [3.05, 3.63) is 29.3 Å². The van der Waals surface area contributed by atoms with Crippen LogP contribution in [-0.2, 0) is 9.59 Å². The van der Waals surface area contributed by atoms with E-state index in [0.717, 1.165) is 4.90 Å². The summed E-state index contributed by atoms with van der Waals surface area (Å²) in [5, 5.41) is 52.7. The zero-order chi connectivity index (χ0) is 22.9. The summed E-state index contributed by atoms with van der Waals surface area (Å²) in [6.07, 6.45) is -6.87. The summed E-state index contributed by atoms with van der Waals surface area (Å²) < 4.78 is 0. The van der Waals surface area contributed by atoms with Gasteiger partial charge in [0, 0.05) is 18.7 Å². The number of rotatable bonds is 8. The standard InChI is InChI=1S/C19H23N3O9/c23-7-12(25)16(28)15(27)11(24)6-20-9-3-1-2-8-14(9)19(31)22(18(8)30)10-4-5-13(26)21-17(10)29/h1-3,10-12,15-16,20,23-25,27-28H,4-7H2,(H,21,26,29)/t10?,11-,12+,15+,16+/m0/s1. The van der Waals surface area contributed by atoms with Crippen LogP contribution in [-0.4, -0.2) is 97.7 Å². The highest BCUT2D eigenvalue weighted by Crippen LogP contribution is 2.32. The lowest BCUT2D eigenvalue weighted by Crippen LogP contribution is -2.54.